The van der Waals surface area contributed by atoms with Crippen molar-refractivity contribution in [3.05, 3.63) is 28.4 Å². The average Bonchev–Trinajstić information content (AvgIpc) is 3.57. The fraction of sp³-hybridized carbons (Fsp3) is 0.526. The zero-order valence-corrected chi connectivity index (χ0v) is 27.0. The molecule has 0 spiro atoms. The molecular weight excluding hydrogens is 689 g/mol. The molecule has 250 valence electrons. The number of aromatic nitrogens is 6. The number of aromatic amines is 1. The molecular formula is C19H29N8O14P3S. The van der Waals surface area contributed by atoms with E-state index in [2.05, 4.69) is 34.0 Å². The molecule has 3 unspecified atom stereocenters. The lowest BCUT2D eigenvalue weighted by molar-refractivity contribution is -0.133. The molecule has 0 bridgehead atoms. The normalized spacial score (nSPS) is 23.2. The molecule has 0 aliphatic carbocycles. The van der Waals surface area contributed by atoms with Gasteiger partial charge in [-0.2, -0.15) is 13.7 Å². The molecule has 1 aliphatic heterocycles. The van der Waals surface area contributed by atoms with E-state index in [1.165, 1.54) is 18.0 Å². The minimum atomic E-state index is -5.76. The zero-order valence-electron chi connectivity index (χ0n) is 23.5. The van der Waals surface area contributed by atoms with Crippen LogP contribution >= 0.6 is 35.7 Å². The number of carbonyl (C=O) groups excluding carboxylic acids is 1. The highest BCUT2D eigenvalue weighted by molar-refractivity contribution is 7.71. The van der Waals surface area contributed by atoms with E-state index in [4.69, 9.17) is 46.5 Å². The number of anilines is 1. The number of ether oxygens (including phenoxy) is 3. The van der Waals surface area contributed by atoms with Gasteiger partial charge in [-0.3, -0.25) is 18.6 Å². The highest BCUT2D eigenvalue weighted by Gasteiger charge is 2.49. The van der Waals surface area contributed by atoms with Gasteiger partial charge in [-0.25, -0.2) is 23.7 Å². The Labute approximate surface area is 258 Å². The van der Waals surface area contributed by atoms with Crippen LogP contribution in [0.3, 0.4) is 0 Å². The van der Waals surface area contributed by atoms with Crippen molar-refractivity contribution in [1.29, 1.82) is 0 Å². The van der Waals surface area contributed by atoms with Gasteiger partial charge in [-0.05, 0) is 13.0 Å². The predicted molar refractivity (Wildman–Crippen MR) is 151 cm³/mol. The number of phosphoric ester groups is 1. The fourth-order valence-corrected chi connectivity index (χ4v) is 7.56. The number of nitrogens with one attached hydrogen (secondary N) is 2. The van der Waals surface area contributed by atoms with Crippen molar-refractivity contribution >= 4 is 58.7 Å². The van der Waals surface area contributed by atoms with Gasteiger partial charge in [0.25, 0.3) is 0 Å². The molecule has 45 heavy (non-hydrogen) atoms. The molecule has 26 heteroatoms. The number of hydrogen-bond acceptors (Lipinski definition) is 15. The summed E-state index contributed by atoms with van der Waals surface area (Å²) >= 11 is 5.21. The van der Waals surface area contributed by atoms with Gasteiger partial charge in [0.05, 0.1) is 25.2 Å². The lowest BCUT2D eigenvalue weighted by atomic mass is 10.1. The highest BCUT2D eigenvalue weighted by Crippen LogP contribution is 2.66. The summed E-state index contributed by atoms with van der Waals surface area (Å²) in [6, 6.07) is 1.79. The Morgan fingerprint density at radius 1 is 1.20 bits per heavy atom. The highest BCUT2D eigenvalue weighted by atomic mass is 32.1. The minimum absolute atomic E-state index is 0.0543. The Bertz CT molecular complexity index is 1740. The average molecular weight is 718 g/mol. The summed E-state index contributed by atoms with van der Waals surface area (Å²) in [6.07, 6.45) is -3.42. The van der Waals surface area contributed by atoms with Gasteiger partial charge in [-0.15, -0.1) is 0 Å². The molecule has 0 aromatic carbocycles. The maximum Gasteiger partial charge on any atom is 0.490 e. The second-order valence-corrected chi connectivity index (χ2v) is 14.2. The first-order valence-electron chi connectivity index (χ1n) is 12.4. The van der Waals surface area contributed by atoms with Crippen molar-refractivity contribution in [3.63, 3.8) is 0 Å². The first-order chi connectivity index (χ1) is 20.9. The van der Waals surface area contributed by atoms with E-state index in [-0.39, 0.29) is 28.3 Å². The third-order valence-corrected chi connectivity index (χ3v) is 10.2. The second-order valence-electron chi connectivity index (χ2n) is 9.38. The standard InChI is InChI=1S/C19H29N8O14P3S/c1-9-4-10(25-26(9)2)5-21-12(28)7-37-15-14(36-3)11(6-38-43(32,33)41-44(34,35)40-42(29,30)31)39-18(15)27-8-22-13-16(27)23-19(20)24-17(13)45/h4,8,11,14-15,18H,5-7H2,1-3H3,(H,21,28)(H,32,33)(H,34,35)(H2,29,30,31)(H3,20,23,24,45)/t11-,14?,15+,18-/m1/s1. The molecule has 3 aromatic heterocycles. The van der Waals surface area contributed by atoms with E-state index >= 15 is 0 Å². The van der Waals surface area contributed by atoms with Crippen molar-refractivity contribution in [2.45, 2.75) is 38.0 Å². The number of fused-ring (bicyclic) bond motifs is 1. The largest absolute Gasteiger partial charge is 0.490 e. The summed E-state index contributed by atoms with van der Waals surface area (Å²) in [5.41, 5.74) is 7.78. The Morgan fingerprint density at radius 2 is 1.91 bits per heavy atom. The van der Waals surface area contributed by atoms with Crippen LogP contribution in [0.2, 0.25) is 0 Å². The van der Waals surface area contributed by atoms with E-state index in [9.17, 15) is 28.3 Å². The van der Waals surface area contributed by atoms with Crippen LogP contribution in [0.1, 0.15) is 17.6 Å². The van der Waals surface area contributed by atoms with Crippen LogP contribution in [-0.2, 0) is 59.4 Å². The van der Waals surface area contributed by atoms with E-state index in [1.54, 1.807) is 17.8 Å². The van der Waals surface area contributed by atoms with Crippen molar-refractivity contribution < 1.29 is 65.4 Å². The number of imidazole rings is 1. The number of phosphoric acid groups is 3. The van der Waals surface area contributed by atoms with Gasteiger partial charge in [-0.1, -0.05) is 12.2 Å². The summed E-state index contributed by atoms with van der Waals surface area (Å²) < 4.78 is 67.7. The number of nitrogens with zero attached hydrogens (tertiary/aromatic N) is 5. The minimum Gasteiger partial charge on any atom is -0.376 e. The number of nitrogen functional groups attached to an aromatic ring is 1. The van der Waals surface area contributed by atoms with Crippen molar-refractivity contribution in [2.24, 2.45) is 7.05 Å². The predicted octanol–water partition coefficient (Wildman–Crippen LogP) is 0.0703. The number of H-pyrrole nitrogens is 1. The molecule has 1 aliphatic rings. The van der Waals surface area contributed by atoms with E-state index in [0.29, 0.717) is 5.69 Å². The van der Waals surface area contributed by atoms with Crippen molar-refractivity contribution in [1.82, 2.24) is 34.6 Å². The number of methoxy groups -OCH3 is 1. The Morgan fingerprint density at radius 3 is 2.53 bits per heavy atom. The fourth-order valence-electron chi connectivity index (χ4n) is 4.28. The number of aryl methyl sites for hydroxylation is 2. The van der Waals surface area contributed by atoms with Gasteiger partial charge in [0.15, 0.2) is 16.8 Å². The van der Waals surface area contributed by atoms with Crippen LogP contribution in [-0.4, -0.2) is 93.4 Å². The van der Waals surface area contributed by atoms with E-state index in [0.717, 1.165) is 5.69 Å². The van der Waals surface area contributed by atoms with Crippen LogP contribution in [0, 0.1) is 11.6 Å². The molecule has 1 fully saturated rings. The third kappa shape index (κ3) is 9.09. The molecule has 3 aromatic rings. The van der Waals surface area contributed by atoms with E-state index < -0.39 is 67.1 Å². The number of rotatable bonds is 14. The quantitative estimate of drug-likeness (QED) is 0.0856. The maximum atomic E-state index is 12.7. The van der Waals surface area contributed by atoms with Gasteiger partial charge in [0.1, 0.15) is 36.1 Å². The molecule has 4 heterocycles. The molecule has 8 N–H and O–H groups in total. The third-order valence-electron chi connectivity index (χ3n) is 6.15. The second kappa shape index (κ2) is 13.7. The molecule has 0 saturated carbocycles. The SMILES string of the molecule is COC1[C@@H](COP(=O)(O)OP(=O)(O)OP(=O)(O)O)O[C@@H](n2cnc3c(=S)nc(N)[nH]c32)[C@H]1OCC(=O)NCc1cc(C)n(C)n1. The monoisotopic (exact) mass is 718 g/mol. The molecule has 1 saturated heterocycles. The van der Waals surface area contributed by atoms with Crippen molar-refractivity contribution in [2.75, 3.05) is 26.1 Å². The van der Waals surface area contributed by atoms with Crippen LogP contribution in [0.4, 0.5) is 5.95 Å². The zero-order chi connectivity index (χ0) is 33.3. The summed E-state index contributed by atoms with van der Waals surface area (Å²) in [5.74, 6) is -0.590. The van der Waals surface area contributed by atoms with Crippen LogP contribution in [0.25, 0.3) is 11.2 Å². The first kappa shape index (κ1) is 35.4. The summed E-state index contributed by atoms with van der Waals surface area (Å²) in [6.45, 7) is 0.587. The molecule has 1 amide bonds. The lowest BCUT2D eigenvalue weighted by Crippen LogP contribution is -2.40. The van der Waals surface area contributed by atoms with Gasteiger partial charge in [0.2, 0.25) is 5.91 Å². The summed E-state index contributed by atoms with van der Waals surface area (Å²) in [5, 5.41) is 6.93. The maximum absolute atomic E-state index is 12.7. The first-order valence-corrected chi connectivity index (χ1v) is 17.4. The number of nitrogens with two attached hydrogens (primary N) is 1. The Balaban J connectivity index is 1.54. The molecule has 6 atom stereocenters. The molecule has 22 nitrogen and oxygen atoms in total. The Kier molecular flexibility index (Phi) is 10.8. The number of carbonyl (C=O) groups is 1. The number of hydrogen-bond donors (Lipinski definition) is 7. The number of amides is 1. The van der Waals surface area contributed by atoms with Gasteiger partial charge < -0.3 is 49.8 Å². The Hall–Kier alpha value is -2.46. The lowest BCUT2D eigenvalue weighted by Gasteiger charge is -2.24. The smallest absolute Gasteiger partial charge is 0.376 e. The molecule has 4 rings (SSSR count). The molecule has 0 radical (unpaired) electrons. The van der Waals surface area contributed by atoms with Crippen LogP contribution in [0.5, 0.6) is 0 Å². The van der Waals surface area contributed by atoms with Crippen LogP contribution < -0.4 is 11.1 Å². The summed E-state index contributed by atoms with van der Waals surface area (Å²) in [7, 11) is -13.9. The van der Waals surface area contributed by atoms with E-state index in [1.807, 2.05) is 6.92 Å². The van der Waals surface area contributed by atoms with Crippen molar-refractivity contribution in [3.8, 4) is 0 Å². The van der Waals surface area contributed by atoms with Gasteiger partial charge in [0, 0.05) is 19.9 Å². The topological polar surface area (TPSA) is 307 Å². The summed E-state index contributed by atoms with van der Waals surface area (Å²) in [4.78, 5) is 60.4. The van der Waals surface area contributed by atoms with Gasteiger partial charge >= 0.3 is 23.5 Å². The van der Waals surface area contributed by atoms with Crippen LogP contribution in [0.15, 0.2) is 12.4 Å².